The number of rotatable bonds is 2. The molecule has 1 unspecified atom stereocenters. The van der Waals surface area contributed by atoms with E-state index >= 15 is 0 Å². The van der Waals surface area contributed by atoms with Gasteiger partial charge in [-0.25, -0.2) is 0 Å². The van der Waals surface area contributed by atoms with Crippen LogP contribution in [0.3, 0.4) is 0 Å². The molecule has 5 heteroatoms. The number of nitrogens with one attached hydrogen (secondary N) is 2. The van der Waals surface area contributed by atoms with E-state index in [1.54, 1.807) is 0 Å². The molecular weight excluding hydrogens is 184 g/mol. The molecule has 80 valence electrons. The van der Waals surface area contributed by atoms with Crippen molar-refractivity contribution in [2.24, 2.45) is 0 Å². The third kappa shape index (κ3) is 2.67. The molecule has 0 aromatic heterocycles. The first-order valence-corrected chi connectivity index (χ1v) is 5.03. The summed E-state index contributed by atoms with van der Waals surface area (Å²) < 4.78 is 10.7. The smallest absolute Gasteiger partial charge is 0.221 e. The van der Waals surface area contributed by atoms with Crippen molar-refractivity contribution >= 4 is 5.91 Å². The van der Waals surface area contributed by atoms with E-state index in [1.165, 1.54) is 0 Å². The van der Waals surface area contributed by atoms with Crippen molar-refractivity contribution in [3.8, 4) is 0 Å². The van der Waals surface area contributed by atoms with Crippen LogP contribution in [0.15, 0.2) is 0 Å². The molecule has 0 aromatic rings. The molecule has 2 aliphatic heterocycles. The number of hydrogen-bond donors (Lipinski definition) is 2. The Hall–Kier alpha value is -0.650. The predicted octanol–water partition coefficient (Wildman–Crippen LogP) is -1.12. The summed E-state index contributed by atoms with van der Waals surface area (Å²) in [5, 5.41) is 6.15. The average Bonchev–Trinajstić information content (AvgIpc) is 2.43. The van der Waals surface area contributed by atoms with Crippen LogP contribution in [-0.4, -0.2) is 51.0 Å². The quantitative estimate of drug-likeness (QED) is 0.593. The van der Waals surface area contributed by atoms with Crippen molar-refractivity contribution < 1.29 is 14.3 Å². The molecule has 14 heavy (non-hydrogen) atoms. The maximum atomic E-state index is 10.9. The molecular formula is C9H16N2O3. The van der Waals surface area contributed by atoms with Gasteiger partial charge in [0.1, 0.15) is 0 Å². The molecule has 1 atom stereocenters. The number of ether oxygens (including phenoxy) is 2. The van der Waals surface area contributed by atoms with E-state index in [-0.39, 0.29) is 18.0 Å². The Labute approximate surface area is 83.1 Å². The molecule has 0 saturated carbocycles. The van der Waals surface area contributed by atoms with Crippen LogP contribution in [0.5, 0.6) is 0 Å². The summed E-state index contributed by atoms with van der Waals surface area (Å²) in [6.45, 7) is 3.39. The van der Waals surface area contributed by atoms with Gasteiger partial charge in [-0.05, 0) is 0 Å². The SMILES string of the molecule is O=C1CC(NC2COCCOC2)CN1. The number of carbonyl (C=O) groups is 1. The standard InChI is InChI=1S/C9H16N2O3/c12-9-3-7(4-10-9)11-8-5-13-1-2-14-6-8/h7-8,11H,1-6H2,(H,10,12). The van der Waals surface area contributed by atoms with Crippen LogP contribution in [0, 0.1) is 0 Å². The minimum Gasteiger partial charge on any atom is -0.377 e. The van der Waals surface area contributed by atoms with Gasteiger partial charge in [0.15, 0.2) is 0 Å². The summed E-state index contributed by atoms with van der Waals surface area (Å²) >= 11 is 0. The second kappa shape index (κ2) is 4.72. The fraction of sp³-hybridized carbons (Fsp3) is 0.889. The maximum absolute atomic E-state index is 10.9. The van der Waals surface area contributed by atoms with Crippen molar-refractivity contribution in [3.63, 3.8) is 0 Å². The lowest BCUT2D eigenvalue weighted by Crippen LogP contribution is -2.44. The lowest BCUT2D eigenvalue weighted by Gasteiger charge is -2.19. The Morgan fingerprint density at radius 2 is 1.93 bits per heavy atom. The predicted molar refractivity (Wildman–Crippen MR) is 50.0 cm³/mol. The molecule has 2 heterocycles. The summed E-state index contributed by atoms with van der Waals surface area (Å²) in [5.74, 6) is 0.123. The van der Waals surface area contributed by atoms with Crippen molar-refractivity contribution in [1.82, 2.24) is 10.6 Å². The van der Waals surface area contributed by atoms with Gasteiger partial charge >= 0.3 is 0 Å². The molecule has 5 nitrogen and oxygen atoms in total. The van der Waals surface area contributed by atoms with E-state index in [9.17, 15) is 4.79 Å². The first-order valence-electron chi connectivity index (χ1n) is 5.03. The molecule has 2 aliphatic rings. The minimum absolute atomic E-state index is 0.123. The van der Waals surface area contributed by atoms with Crippen molar-refractivity contribution in [1.29, 1.82) is 0 Å². The van der Waals surface area contributed by atoms with Gasteiger partial charge < -0.3 is 20.1 Å². The van der Waals surface area contributed by atoms with Gasteiger partial charge in [0.2, 0.25) is 5.91 Å². The summed E-state index contributed by atoms with van der Waals surface area (Å²) in [6.07, 6.45) is 0.566. The molecule has 0 aromatic carbocycles. The lowest BCUT2D eigenvalue weighted by atomic mass is 10.2. The van der Waals surface area contributed by atoms with E-state index in [2.05, 4.69) is 10.6 Å². The van der Waals surface area contributed by atoms with E-state index < -0.39 is 0 Å². The lowest BCUT2D eigenvalue weighted by molar-refractivity contribution is -0.119. The van der Waals surface area contributed by atoms with Crippen LogP contribution in [-0.2, 0) is 14.3 Å². The van der Waals surface area contributed by atoms with E-state index in [4.69, 9.17) is 9.47 Å². The zero-order valence-corrected chi connectivity index (χ0v) is 8.12. The summed E-state index contributed by atoms with van der Waals surface area (Å²) in [5.41, 5.74) is 0. The van der Waals surface area contributed by atoms with Gasteiger partial charge in [-0.1, -0.05) is 0 Å². The first-order chi connectivity index (χ1) is 6.84. The Bertz CT molecular complexity index is 202. The molecule has 2 rings (SSSR count). The molecule has 0 spiro atoms. The monoisotopic (exact) mass is 200 g/mol. The number of carbonyl (C=O) groups excluding carboxylic acids is 1. The van der Waals surface area contributed by atoms with Gasteiger partial charge in [-0.3, -0.25) is 4.79 Å². The van der Waals surface area contributed by atoms with Crippen LogP contribution in [0.1, 0.15) is 6.42 Å². The van der Waals surface area contributed by atoms with E-state index in [1.807, 2.05) is 0 Å². The summed E-state index contributed by atoms with van der Waals surface area (Å²) in [4.78, 5) is 10.9. The second-order valence-corrected chi connectivity index (χ2v) is 3.72. The molecule has 2 fully saturated rings. The van der Waals surface area contributed by atoms with Crippen LogP contribution < -0.4 is 10.6 Å². The summed E-state index contributed by atoms with van der Waals surface area (Å²) in [7, 11) is 0. The highest BCUT2D eigenvalue weighted by molar-refractivity contribution is 5.78. The zero-order valence-electron chi connectivity index (χ0n) is 8.12. The van der Waals surface area contributed by atoms with Crippen molar-refractivity contribution in [3.05, 3.63) is 0 Å². The molecule has 2 saturated heterocycles. The van der Waals surface area contributed by atoms with Gasteiger partial charge in [0.25, 0.3) is 0 Å². The molecule has 0 radical (unpaired) electrons. The third-order valence-corrected chi connectivity index (χ3v) is 2.46. The maximum Gasteiger partial charge on any atom is 0.221 e. The van der Waals surface area contributed by atoms with E-state index in [0.717, 1.165) is 6.54 Å². The highest BCUT2D eigenvalue weighted by Crippen LogP contribution is 2.03. The average molecular weight is 200 g/mol. The van der Waals surface area contributed by atoms with Crippen LogP contribution in [0.25, 0.3) is 0 Å². The molecule has 1 amide bonds. The Kier molecular flexibility index (Phi) is 3.34. The van der Waals surface area contributed by atoms with Gasteiger partial charge in [-0.15, -0.1) is 0 Å². The first kappa shape index (κ1) is 9.89. The highest BCUT2D eigenvalue weighted by Gasteiger charge is 2.24. The van der Waals surface area contributed by atoms with Gasteiger partial charge in [0.05, 0.1) is 32.5 Å². The van der Waals surface area contributed by atoms with Crippen LogP contribution >= 0.6 is 0 Å². The molecule has 0 aliphatic carbocycles. The van der Waals surface area contributed by atoms with Crippen molar-refractivity contribution in [2.75, 3.05) is 33.0 Å². The number of amides is 1. The fourth-order valence-electron chi connectivity index (χ4n) is 1.77. The van der Waals surface area contributed by atoms with Crippen LogP contribution in [0.2, 0.25) is 0 Å². The minimum atomic E-state index is 0.123. The van der Waals surface area contributed by atoms with Crippen LogP contribution in [0.4, 0.5) is 0 Å². The van der Waals surface area contributed by atoms with E-state index in [0.29, 0.717) is 32.8 Å². The summed E-state index contributed by atoms with van der Waals surface area (Å²) in [6, 6.07) is 0.452. The number of hydrogen-bond acceptors (Lipinski definition) is 4. The van der Waals surface area contributed by atoms with Gasteiger partial charge in [-0.2, -0.15) is 0 Å². The zero-order chi connectivity index (χ0) is 9.80. The van der Waals surface area contributed by atoms with Gasteiger partial charge in [0, 0.05) is 19.0 Å². The Morgan fingerprint density at radius 3 is 2.50 bits per heavy atom. The Morgan fingerprint density at radius 1 is 1.21 bits per heavy atom. The normalized spacial score (nSPS) is 30.0. The molecule has 0 bridgehead atoms. The molecule has 2 N–H and O–H groups in total. The highest BCUT2D eigenvalue weighted by atomic mass is 16.5. The topological polar surface area (TPSA) is 59.6 Å². The fourth-order valence-corrected chi connectivity index (χ4v) is 1.77. The van der Waals surface area contributed by atoms with Crippen molar-refractivity contribution in [2.45, 2.75) is 18.5 Å². The second-order valence-electron chi connectivity index (χ2n) is 3.72. The third-order valence-electron chi connectivity index (χ3n) is 2.46. The Balaban J connectivity index is 1.75. The largest absolute Gasteiger partial charge is 0.377 e.